The third kappa shape index (κ3) is 10.3. The average molecular weight is 428 g/mol. The number of rotatable bonds is 11. The molecule has 0 N–H and O–H groups in total. The highest BCUT2D eigenvalue weighted by molar-refractivity contribution is 5.73. The van der Waals surface area contributed by atoms with Gasteiger partial charge in [0.15, 0.2) is 6.10 Å². The van der Waals surface area contributed by atoms with Crippen LogP contribution in [0.3, 0.4) is 0 Å². The fraction of sp³-hybridized carbons (Fsp3) is 0.375. The van der Waals surface area contributed by atoms with Gasteiger partial charge in [-0.15, -0.1) is 0 Å². The summed E-state index contributed by atoms with van der Waals surface area (Å²) in [7, 11) is 0. The predicted molar refractivity (Wildman–Crippen MR) is 113 cm³/mol. The Balaban J connectivity index is 1.88. The second-order valence-electron chi connectivity index (χ2n) is 7.39. The molecule has 0 aliphatic rings. The van der Waals surface area contributed by atoms with Crippen LogP contribution in [0.2, 0.25) is 0 Å². The van der Waals surface area contributed by atoms with Crippen molar-refractivity contribution in [3.05, 3.63) is 71.8 Å². The van der Waals surface area contributed by atoms with Crippen molar-refractivity contribution in [2.24, 2.45) is 5.92 Å². The van der Waals surface area contributed by atoms with E-state index < -0.39 is 24.2 Å². The number of carbonyl (C=O) groups excluding carboxylic acids is 3. The van der Waals surface area contributed by atoms with E-state index in [4.69, 9.17) is 18.9 Å². The smallest absolute Gasteiger partial charge is 0.461 e. The van der Waals surface area contributed by atoms with Gasteiger partial charge < -0.3 is 18.9 Å². The van der Waals surface area contributed by atoms with E-state index in [-0.39, 0.29) is 38.6 Å². The Kier molecular flexibility index (Phi) is 10.1. The third-order valence-electron chi connectivity index (χ3n) is 4.03. The maximum atomic E-state index is 12.3. The summed E-state index contributed by atoms with van der Waals surface area (Å²) in [6.07, 6.45) is -1.67. The molecule has 166 valence electrons. The van der Waals surface area contributed by atoms with Crippen LogP contribution < -0.4 is 0 Å². The quantitative estimate of drug-likeness (QED) is 0.398. The first kappa shape index (κ1) is 23.9. The lowest BCUT2D eigenvalue weighted by Gasteiger charge is -2.18. The number of hydrogen-bond acceptors (Lipinski definition) is 7. The van der Waals surface area contributed by atoms with Gasteiger partial charge in [-0.1, -0.05) is 74.5 Å². The summed E-state index contributed by atoms with van der Waals surface area (Å²) in [6, 6.07) is 18.2. The Labute approximate surface area is 182 Å². The van der Waals surface area contributed by atoms with Crippen LogP contribution in [0.4, 0.5) is 4.79 Å². The van der Waals surface area contributed by atoms with Gasteiger partial charge in [0.25, 0.3) is 0 Å². The summed E-state index contributed by atoms with van der Waals surface area (Å²) in [5.41, 5.74) is 1.59. The van der Waals surface area contributed by atoms with Crippen molar-refractivity contribution in [2.45, 2.75) is 32.8 Å². The van der Waals surface area contributed by atoms with E-state index in [1.165, 1.54) is 0 Å². The normalized spacial score (nSPS) is 11.5. The van der Waals surface area contributed by atoms with Crippen LogP contribution in [0.5, 0.6) is 0 Å². The number of esters is 2. The monoisotopic (exact) mass is 428 g/mol. The Morgan fingerprint density at radius 2 is 1.16 bits per heavy atom. The van der Waals surface area contributed by atoms with Gasteiger partial charge in [-0.05, 0) is 17.0 Å². The SMILES string of the molecule is CC(C)COC(=O)OCC(COC(=O)Cc1ccccc1)OC(=O)Cc1ccccc1. The molecule has 0 aliphatic heterocycles. The zero-order valence-electron chi connectivity index (χ0n) is 17.8. The second kappa shape index (κ2) is 13.1. The second-order valence-corrected chi connectivity index (χ2v) is 7.39. The molecule has 0 amide bonds. The van der Waals surface area contributed by atoms with Gasteiger partial charge in [0.1, 0.15) is 13.2 Å². The van der Waals surface area contributed by atoms with Crippen molar-refractivity contribution < 1.29 is 33.3 Å². The van der Waals surface area contributed by atoms with E-state index >= 15 is 0 Å². The maximum Gasteiger partial charge on any atom is 0.508 e. The van der Waals surface area contributed by atoms with Crippen LogP contribution in [0.1, 0.15) is 25.0 Å². The lowest BCUT2D eigenvalue weighted by atomic mass is 10.1. The van der Waals surface area contributed by atoms with Crippen molar-refractivity contribution in [1.29, 1.82) is 0 Å². The number of carbonyl (C=O) groups is 3. The number of hydrogen-bond donors (Lipinski definition) is 0. The molecule has 0 spiro atoms. The molecule has 0 radical (unpaired) electrons. The highest BCUT2D eigenvalue weighted by atomic mass is 16.7. The molecule has 2 aromatic carbocycles. The highest BCUT2D eigenvalue weighted by Crippen LogP contribution is 2.06. The Bertz CT molecular complexity index is 818. The van der Waals surface area contributed by atoms with E-state index in [1.807, 2.05) is 62.4 Å². The molecule has 0 bridgehead atoms. The minimum absolute atomic E-state index is 0.0487. The van der Waals surface area contributed by atoms with Gasteiger partial charge >= 0.3 is 18.1 Å². The van der Waals surface area contributed by atoms with E-state index in [2.05, 4.69) is 0 Å². The van der Waals surface area contributed by atoms with Crippen molar-refractivity contribution in [1.82, 2.24) is 0 Å². The van der Waals surface area contributed by atoms with Crippen molar-refractivity contribution >= 4 is 18.1 Å². The molecule has 31 heavy (non-hydrogen) atoms. The van der Waals surface area contributed by atoms with Crippen LogP contribution in [0, 0.1) is 5.92 Å². The maximum absolute atomic E-state index is 12.3. The third-order valence-corrected chi connectivity index (χ3v) is 4.03. The van der Waals surface area contributed by atoms with Crippen LogP contribution in [-0.4, -0.2) is 44.0 Å². The highest BCUT2D eigenvalue weighted by Gasteiger charge is 2.20. The first-order valence-electron chi connectivity index (χ1n) is 10.1. The summed E-state index contributed by atoms with van der Waals surface area (Å²) in [6.45, 7) is 3.49. The van der Waals surface area contributed by atoms with Crippen LogP contribution in [0.15, 0.2) is 60.7 Å². The standard InChI is InChI=1S/C24H28O7/c1-18(2)15-29-24(27)30-17-21(31-23(26)14-20-11-7-4-8-12-20)16-28-22(25)13-19-9-5-3-6-10-19/h3-12,18,21H,13-17H2,1-2H3. The van der Waals surface area contributed by atoms with E-state index in [1.54, 1.807) is 12.1 Å². The molecule has 0 saturated heterocycles. The fourth-order valence-electron chi connectivity index (χ4n) is 2.54. The lowest BCUT2D eigenvalue weighted by Crippen LogP contribution is -2.32. The molecular formula is C24H28O7. The zero-order valence-corrected chi connectivity index (χ0v) is 17.8. The molecule has 1 atom stereocenters. The van der Waals surface area contributed by atoms with E-state index in [0.717, 1.165) is 11.1 Å². The molecule has 0 aromatic heterocycles. The molecule has 7 heteroatoms. The first-order valence-corrected chi connectivity index (χ1v) is 10.1. The summed E-state index contributed by atoms with van der Waals surface area (Å²) in [5.74, 6) is -0.835. The van der Waals surface area contributed by atoms with Gasteiger partial charge in [0.05, 0.1) is 19.4 Å². The van der Waals surface area contributed by atoms with Gasteiger partial charge in [0.2, 0.25) is 0 Å². The van der Waals surface area contributed by atoms with Crippen LogP contribution in [-0.2, 0) is 41.4 Å². The van der Waals surface area contributed by atoms with Crippen LogP contribution in [0.25, 0.3) is 0 Å². The van der Waals surface area contributed by atoms with Gasteiger partial charge in [-0.3, -0.25) is 9.59 Å². The number of benzene rings is 2. The molecule has 0 heterocycles. The van der Waals surface area contributed by atoms with Crippen molar-refractivity contribution in [3.8, 4) is 0 Å². The molecule has 0 saturated carbocycles. The largest absolute Gasteiger partial charge is 0.508 e. The Hall–Kier alpha value is -3.35. The predicted octanol–water partition coefficient (Wildman–Crippen LogP) is 3.74. The van der Waals surface area contributed by atoms with Crippen molar-refractivity contribution in [2.75, 3.05) is 19.8 Å². The molecule has 2 aromatic rings. The summed E-state index contributed by atoms with van der Waals surface area (Å²) < 4.78 is 20.6. The van der Waals surface area contributed by atoms with Crippen molar-refractivity contribution in [3.63, 3.8) is 0 Å². The zero-order chi connectivity index (χ0) is 22.5. The lowest BCUT2D eigenvalue weighted by molar-refractivity contribution is -0.161. The molecule has 7 nitrogen and oxygen atoms in total. The van der Waals surface area contributed by atoms with E-state index in [9.17, 15) is 14.4 Å². The number of ether oxygens (including phenoxy) is 4. The van der Waals surface area contributed by atoms with Gasteiger partial charge in [-0.2, -0.15) is 0 Å². The molecular weight excluding hydrogens is 400 g/mol. The average Bonchev–Trinajstić information content (AvgIpc) is 2.75. The summed E-state index contributed by atoms with van der Waals surface area (Å²) in [4.78, 5) is 36.1. The summed E-state index contributed by atoms with van der Waals surface area (Å²) in [5, 5.41) is 0. The van der Waals surface area contributed by atoms with Gasteiger partial charge in [0, 0.05) is 0 Å². The fourth-order valence-corrected chi connectivity index (χ4v) is 2.54. The minimum atomic E-state index is -0.942. The molecule has 2 rings (SSSR count). The minimum Gasteiger partial charge on any atom is -0.461 e. The Morgan fingerprint density at radius 1 is 0.677 bits per heavy atom. The summed E-state index contributed by atoms with van der Waals surface area (Å²) >= 11 is 0. The molecule has 0 aliphatic carbocycles. The van der Waals surface area contributed by atoms with Crippen LogP contribution >= 0.6 is 0 Å². The first-order chi connectivity index (χ1) is 14.9. The molecule has 1 unspecified atom stereocenters. The molecule has 0 fully saturated rings. The van der Waals surface area contributed by atoms with E-state index in [0.29, 0.717) is 0 Å². The Morgan fingerprint density at radius 3 is 1.71 bits per heavy atom. The topological polar surface area (TPSA) is 88.1 Å². The van der Waals surface area contributed by atoms with Gasteiger partial charge in [-0.25, -0.2) is 4.79 Å².